The lowest BCUT2D eigenvalue weighted by molar-refractivity contribution is 0.0771. The maximum atomic E-state index is 12.6. The van der Waals surface area contributed by atoms with Gasteiger partial charge in [-0.15, -0.1) is 5.10 Å². The zero-order valence-corrected chi connectivity index (χ0v) is 12.5. The van der Waals surface area contributed by atoms with Gasteiger partial charge >= 0.3 is 0 Å². The molecule has 0 saturated carbocycles. The monoisotopic (exact) mass is 308 g/mol. The van der Waals surface area contributed by atoms with Crippen molar-refractivity contribution in [2.75, 3.05) is 13.1 Å². The summed E-state index contributed by atoms with van der Waals surface area (Å²) in [6.45, 7) is 1.26. The SMILES string of the molecule is O=C(c1cc2ccccn2c1)N1CC[C@H](Oc2cccnn2)C1. The quantitative estimate of drug-likeness (QED) is 0.743. The number of carbonyl (C=O) groups excluding carboxylic acids is 1. The van der Waals surface area contributed by atoms with Crippen molar-refractivity contribution in [2.45, 2.75) is 12.5 Å². The smallest absolute Gasteiger partial charge is 0.255 e. The molecule has 1 aliphatic rings. The number of likely N-dealkylation sites (tertiary alicyclic amines) is 1. The molecular weight excluding hydrogens is 292 g/mol. The second-order valence-electron chi connectivity index (χ2n) is 5.60. The number of amides is 1. The van der Waals surface area contributed by atoms with Gasteiger partial charge in [-0.1, -0.05) is 6.07 Å². The predicted molar refractivity (Wildman–Crippen MR) is 84.4 cm³/mol. The van der Waals surface area contributed by atoms with Gasteiger partial charge in [0.1, 0.15) is 6.10 Å². The van der Waals surface area contributed by atoms with Gasteiger partial charge in [-0.05, 0) is 24.3 Å². The van der Waals surface area contributed by atoms with E-state index in [1.54, 1.807) is 18.3 Å². The van der Waals surface area contributed by atoms with E-state index in [0.29, 0.717) is 24.5 Å². The lowest BCUT2D eigenvalue weighted by atomic mass is 10.3. The Labute approximate surface area is 133 Å². The molecule has 0 unspecified atom stereocenters. The molecule has 4 rings (SSSR count). The summed E-state index contributed by atoms with van der Waals surface area (Å²) in [5.74, 6) is 0.542. The van der Waals surface area contributed by atoms with Gasteiger partial charge < -0.3 is 14.0 Å². The molecule has 6 nitrogen and oxygen atoms in total. The lowest BCUT2D eigenvalue weighted by Gasteiger charge is -2.16. The topological polar surface area (TPSA) is 59.7 Å². The number of nitrogens with zero attached hydrogens (tertiary/aromatic N) is 4. The first-order chi connectivity index (χ1) is 11.3. The Kier molecular flexibility index (Phi) is 3.42. The van der Waals surface area contributed by atoms with E-state index in [1.807, 2.05) is 46.0 Å². The first kappa shape index (κ1) is 13.8. The molecule has 0 aliphatic carbocycles. The molecule has 1 saturated heterocycles. The number of hydrogen-bond acceptors (Lipinski definition) is 4. The first-order valence-electron chi connectivity index (χ1n) is 7.60. The molecule has 3 aromatic rings. The van der Waals surface area contributed by atoms with Crippen LogP contribution in [0.4, 0.5) is 0 Å². The Morgan fingerprint density at radius 1 is 1.26 bits per heavy atom. The first-order valence-corrected chi connectivity index (χ1v) is 7.60. The lowest BCUT2D eigenvalue weighted by Crippen LogP contribution is -2.30. The van der Waals surface area contributed by atoms with Crippen LogP contribution in [0.3, 0.4) is 0 Å². The van der Waals surface area contributed by atoms with Crippen LogP contribution < -0.4 is 4.74 Å². The van der Waals surface area contributed by atoms with E-state index in [2.05, 4.69) is 10.2 Å². The van der Waals surface area contributed by atoms with Gasteiger partial charge in [0.25, 0.3) is 5.91 Å². The highest BCUT2D eigenvalue weighted by molar-refractivity contribution is 5.95. The van der Waals surface area contributed by atoms with Gasteiger partial charge in [0.15, 0.2) is 0 Å². The molecule has 1 aliphatic heterocycles. The molecular formula is C17H16N4O2. The highest BCUT2D eigenvalue weighted by atomic mass is 16.5. The van der Waals surface area contributed by atoms with E-state index in [-0.39, 0.29) is 12.0 Å². The van der Waals surface area contributed by atoms with E-state index in [0.717, 1.165) is 11.9 Å². The third kappa shape index (κ3) is 2.75. The van der Waals surface area contributed by atoms with Crippen molar-refractivity contribution >= 4 is 11.4 Å². The molecule has 23 heavy (non-hydrogen) atoms. The molecule has 0 aromatic carbocycles. The maximum Gasteiger partial charge on any atom is 0.255 e. The van der Waals surface area contributed by atoms with Crippen molar-refractivity contribution in [3.05, 3.63) is 60.6 Å². The van der Waals surface area contributed by atoms with Crippen LogP contribution in [0.25, 0.3) is 5.52 Å². The number of fused-ring (bicyclic) bond motifs is 1. The zero-order chi connectivity index (χ0) is 15.6. The van der Waals surface area contributed by atoms with E-state index in [4.69, 9.17) is 4.74 Å². The summed E-state index contributed by atoms with van der Waals surface area (Å²) in [5.41, 5.74) is 1.72. The van der Waals surface area contributed by atoms with Crippen LogP contribution in [0.1, 0.15) is 16.8 Å². The Morgan fingerprint density at radius 2 is 2.22 bits per heavy atom. The van der Waals surface area contributed by atoms with E-state index in [1.165, 1.54) is 0 Å². The number of aromatic nitrogens is 3. The predicted octanol–water partition coefficient (Wildman–Crippen LogP) is 2.02. The summed E-state index contributed by atoms with van der Waals surface area (Å²) >= 11 is 0. The van der Waals surface area contributed by atoms with Crippen molar-refractivity contribution in [3.8, 4) is 5.88 Å². The minimum Gasteiger partial charge on any atom is -0.471 e. The molecule has 6 heteroatoms. The number of rotatable bonds is 3. The summed E-state index contributed by atoms with van der Waals surface area (Å²) in [6.07, 6.45) is 6.18. The molecule has 116 valence electrons. The van der Waals surface area contributed by atoms with Gasteiger partial charge in [-0.2, -0.15) is 5.10 Å². The van der Waals surface area contributed by atoms with Crippen molar-refractivity contribution in [2.24, 2.45) is 0 Å². The second kappa shape index (κ2) is 5.72. The minimum atomic E-state index is -0.0346. The van der Waals surface area contributed by atoms with Crippen molar-refractivity contribution < 1.29 is 9.53 Å². The number of hydrogen-bond donors (Lipinski definition) is 0. The highest BCUT2D eigenvalue weighted by Gasteiger charge is 2.29. The van der Waals surface area contributed by atoms with Gasteiger partial charge in [-0.25, -0.2) is 0 Å². The Bertz CT molecular complexity index is 798. The van der Waals surface area contributed by atoms with Crippen LogP contribution in [0.5, 0.6) is 5.88 Å². The average molecular weight is 308 g/mol. The van der Waals surface area contributed by atoms with Gasteiger partial charge in [-0.3, -0.25) is 4.79 Å². The third-order valence-electron chi connectivity index (χ3n) is 4.02. The molecule has 0 radical (unpaired) electrons. The van der Waals surface area contributed by atoms with Gasteiger partial charge in [0.05, 0.1) is 12.1 Å². The maximum absolute atomic E-state index is 12.6. The summed E-state index contributed by atoms with van der Waals surface area (Å²) < 4.78 is 7.73. The Hall–Kier alpha value is -2.89. The Balaban J connectivity index is 1.45. The van der Waals surface area contributed by atoms with Crippen LogP contribution >= 0.6 is 0 Å². The molecule has 0 N–H and O–H groups in total. The second-order valence-corrected chi connectivity index (χ2v) is 5.60. The van der Waals surface area contributed by atoms with Crippen LogP contribution in [0.15, 0.2) is 55.0 Å². The van der Waals surface area contributed by atoms with Gasteiger partial charge in [0.2, 0.25) is 5.88 Å². The summed E-state index contributed by atoms with van der Waals surface area (Å²) in [7, 11) is 0. The fourth-order valence-corrected chi connectivity index (χ4v) is 2.88. The van der Waals surface area contributed by atoms with Crippen LogP contribution in [0, 0.1) is 0 Å². The number of ether oxygens (including phenoxy) is 1. The fraction of sp³-hybridized carbons (Fsp3) is 0.235. The van der Waals surface area contributed by atoms with Crippen LogP contribution in [0.2, 0.25) is 0 Å². The molecule has 0 bridgehead atoms. The standard InChI is InChI=1S/C17H16N4O2/c22-17(13-10-14-4-1-2-8-20(14)11-13)21-9-6-15(12-21)23-16-5-3-7-18-19-16/h1-5,7-8,10-11,15H,6,9,12H2/t15-/m0/s1. The third-order valence-corrected chi connectivity index (χ3v) is 4.02. The number of carbonyl (C=O) groups is 1. The largest absolute Gasteiger partial charge is 0.471 e. The minimum absolute atomic E-state index is 0.0346. The van der Waals surface area contributed by atoms with E-state index in [9.17, 15) is 4.79 Å². The van der Waals surface area contributed by atoms with E-state index < -0.39 is 0 Å². The molecule has 4 heterocycles. The molecule has 0 spiro atoms. The molecule has 1 atom stereocenters. The zero-order valence-electron chi connectivity index (χ0n) is 12.5. The molecule has 3 aromatic heterocycles. The van der Waals surface area contributed by atoms with Crippen molar-refractivity contribution in [1.82, 2.24) is 19.5 Å². The fourth-order valence-electron chi connectivity index (χ4n) is 2.88. The highest BCUT2D eigenvalue weighted by Crippen LogP contribution is 2.19. The summed E-state index contributed by atoms with van der Waals surface area (Å²) in [5, 5.41) is 7.71. The van der Waals surface area contributed by atoms with Crippen molar-refractivity contribution in [1.29, 1.82) is 0 Å². The van der Waals surface area contributed by atoms with E-state index >= 15 is 0 Å². The molecule has 1 amide bonds. The average Bonchev–Trinajstić information content (AvgIpc) is 3.21. The van der Waals surface area contributed by atoms with Gasteiger partial charge in [0, 0.05) is 43.1 Å². The summed E-state index contributed by atoms with van der Waals surface area (Å²) in [6, 6.07) is 11.4. The van der Waals surface area contributed by atoms with Crippen LogP contribution in [-0.2, 0) is 0 Å². The van der Waals surface area contributed by atoms with Crippen LogP contribution in [-0.4, -0.2) is 44.6 Å². The number of pyridine rings is 1. The summed E-state index contributed by atoms with van der Waals surface area (Å²) in [4.78, 5) is 14.5. The molecule has 1 fully saturated rings. The normalized spacial score (nSPS) is 17.6. The Morgan fingerprint density at radius 3 is 3.04 bits per heavy atom. The van der Waals surface area contributed by atoms with Crippen molar-refractivity contribution in [3.63, 3.8) is 0 Å².